The first kappa shape index (κ1) is 14.3. The van der Waals surface area contributed by atoms with Crippen LogP contribution in [0.15, 0.2) is 30.3 Å². The van der Waals surface area contributed by atoms with Crippen molar-refractivity contribution in [1.82, 2.24) is 15.8 Å². The van der Waals surface area contributed by atoms with Crippen molar-refractivity contribution in [3.63, 3.8) is 0 Å². The van der Waals surface area contributed by atoms with Gasteiger partial charge in [-0.25, -0.2) is 5.01 Å². The Morgan fingerprint density at radius 2 is 1.84 bits per heavy atom. The smallest absolute Gasteiger partial charge is 0.236 e. The van der Waals surface area contributed by atoms with Crippen LogP contribution in [0.2, 0.25) is 0 Å². The Bertz CT molecular complexity index is 432. The standard InChI is InChI=1S/C14H19N3O.ClH/c18-13-10-14(6-8-15-9-7-14)17(16-13)11-12-4-2-1-3-5-12;/h1-5,15H,6-11H2,(H,16,18);1H. The number of hydrazine groups is 1. The molecular weight excluding hydrogens is 262 g/mol. The molecule has 19 heavy (non-hydrogen) atoms. The van der Waals surface area contributed by atoms with Gasteiger partial charge < -0.3 is 5.32 Å². The van der Waals surface area contributed by atoms with Crippen molar-refractivity contribution in [2.75, 3.05) is 13.1 Å². The number of carbonyl (C=O) groups excluding carboxylic acids is 1. The fourth-order valence-electron chi connectivity index (χ4n) is 3.01. The third kappa shape index (κ3) is 2.91. The molecule has 2 saturated heterocycles. The van der Waals surface area contributed by atoms with Crippen LogP contribution in [0.3, 0.4) is 0 Å². The maximum absolute atomic E-state index is 11.7. The van der Waals surface area contributed by atoms with Crippen molar-refractivity contribution in [3.8, 4) is 0 Å². The molecule has 0 atom stereocenters. The largest absolute Gasteiger partial charge is 0.317 e. The molecule has 1 amide bonds. The van der Waals surface area contributed by atoms with Crippen molar-refractivity contribution < 1.29 is 4.79 Å². The van der Waals surface area contributed by atoms with Crippen LogP contribution in [0.1, 0.15) is 24.8 Å². The van der Waals surface area contributed by atoms with Gasteiger partial charge in [0.05, 0.1) is 5.54 Å². The number of hydrogen-bond acceptors (Lipinski definition) is 3. The van der Waals surface area contributed by atoms with E-state index in [4.69, 9.17) is 0 Å². The third-order valence-corrected chi connectivity index (χ3v) is 4.04. The highest BCUT2D eigenvalue weighted by molar-refractivity contribution is 5.85. The Kier molecular flexibility index (Phi) is 4.45. The van der Waals surface area contributed by atoms with Crippen LogP contribution in [-0.4, -0.2) is 29.5 Å². The van der Waals surface area contributed by atoms with Crippen LogP contribution in [0.4, 0.5) is 0 Å². The van der Waals surface area contributed by atoms with Gasteiger partial charge in [-0.15, -0.1) is 12.4 Å². The summed E-state index contributed by atoms with van der Waals surface area (Å²) in [6.07, 6.45) is 2.72. The third-order valence-electron chi connectivity index (χ3n) is 4.04. The van der Waals surface area contributed by atoms with E-state index in [2.05, 4.69) is 27.9 Å². The maximum atomic E-state index is 11.7. The molecular formula is C14H20ClN3O. The Morgan fingerprint density at radius 1 is 1.16 bits per heavy atom. The minimum atomic E-state index is 0. The van der Waals surface area contributed by atoms with Gasteiger partial charge in [0.15, 0.2) is 0 Å². The van der Waals surface area contributed by atoms with E-state index in [0.717, 1.165) is 32.5 Å². The maximum Gasteiger partial charge on any atom is 0.236 e. The van der Waals surface area contributed by atoms with E-state index in [1.54, 1.807) is 0 Å². The summed E-state index contributed by atoms with van der Waals surface area (Å²) in [6, 6.07) is 10.3. The number of hydrogen-bond donors (Lipinski definition) is 2. The molecule has 2 aliphatic rings. The minimum Gasteiger partial charge on any atom is -0.317 e. The van der Waals surface area contributed by atoms with E-state index >= 15 is 0 Å². The quantitative estimate of drug-likeness (QED) is 0.863. The molecule has 2 heterocycles. The van der Waals surface area contributed by atoms with Crippen LogP contribution in [0, 0.1) is 0 Å². The van der Waals surface area contributed by atoms with Gasteiger partial charge in [-0.05, 0) is 31.5 Å². The lowest BCUT2D eigenvalue weighted by atomic mass is 9.85. The van der Waals surface area contributed by atoms with Crippen LogP contribution in [-0.2, 0) is 11.3 Å². The van der Waals surface area contributed by atoms with Crippen LogP contribution in [0.25, 0.3) is 0 Å². The molecule has 104 valence electrons. The topological polar surface area (TPSA) is 44.4 Å². The van der Waals surface area contributed by atoms with Crippen molar-refractivity contribution in [1.29, 1.82) is 0 Å². The Balaban J connectivity index is 0.00000133. The fourth-order valence-corrected chi connectivity index (χ4v) is 3.01. The second kappa shape index (κ2) is 5.90. The SMILES string of the molecule is Cl.O=C1CC2(CCNCC2)N(Cc2ccccc2)N1. The van der Waals surface area contributed by atoms with Crippen LogP contribution in [0.5, 0.6) is 0 Å². The lowest BCUT2D eigenvalue weighted by molar-refractivity contribution is -0.121. The highest BCUT2D eigenvalue weighted by Crippen LogP contribution is 2.33. The predicted octanol–water partition coefficient (Wildman–Crippen LogP) is 1.47. The minimum absolute atomic E-state index is 0. The normalized spacial score (nSPS) is 22.0. The zero-order valence-electron chi connectivity index (χ0n) is 10.9. The molecule has 1 spiro atoms. The number of piperidine rings is 1. The number of nitrogens with zero attached hydrogens (tertiary/aromatic N) is 1. The number of nitrogens with one attached hydrogen (secondary N) is 2. The molecule has 2 aliphatic heterocycles. The van der Waals surface area contributed by atoms with E-state index in [1.165, 1.54) is 5.56 Å². The van der Waals surface area contributed by atoms with Gasteiger partial charge in [0.1, 0.15) is 0 Å². The van der Waals surface area contributed by atoms with Gasteiger partial charge in [0.2, 0.25) is 5.91 Å². The lowest BCUT2D eigenvalue weighted by Crippen LogP contribution is -2.53. The van der Waals surface area contributed by atoms with E-state index in [1.807, 2.05) is 18.2 Å². The molecule has 0 saturated carbocycles. The summed E-state index contributed by atoms with van der Waals surface area (Å²) in [6.45, 7) is 2.80. The molecule has 5 heteroatoms. The predicted molar refractivity (Wildman–Crippen MR) is 76.8 cm³/mol. The first-order chi connectivity index (χ1) is 8.78. The molecule has 2 fully saturated rings. The Hall–Kier alpha value is -1.10. The summed E-state index contributed by atoms with van der Waals surface area (Å²) in [5.41, 5.74) is 4.30. The average Bonchev–Trinajstić information content (AvgIpc) is 2.67. The average molecular weight is 282 g/mol. The summed E-state index contributed by atoms with van der Waals surface area (Å²) in [5.74, 6) is 0.160. The summed E-state index contributed by atoms with van der Waals surface area (Å²) in [4.78, 5) is 11.7. The molecule has 1 aromatic rings. The molecule has 0 unspecified atom stereocenters. The van der Waals surface area contributed by atoms with E-state index in [9.17, 15) is 4.79 Å². The Morgan fingerprint density at radius 3 is 2.53 bits per heavy atom. The molecule has 3 rings (SSSR count). The first-order valence-corrected chi connectivity index (χ1v) is 6.60. The van der Waals surface area contributed by atoms with Gasteiger partial charge in [-0.1, -0.05) is 30.3 Å². The van der Waals surface area contributed by atoms with Crippen molar-refractivity contribution >= 4 is 18.3 Å². The molecule has 0 radical (unpaired) electrons. The monoisotopic (exact) mass is 281 g/mol. The zero-order chi connectivity index (χ0) is 12.4. The highest BCUT2D eigenvalue weighted by Gasteiger charge is 2.45. The Labute approximate surface area is 119 Å². The van der Waals surface area contributed by atoms with Crippen molar-refractivity contribution in [2.45, 2.75) is 31.3 Å². The number of benzene rings is 1. The summed E-state index contributed by atoms with van der Waals surface area (Å²) in [7, 11) is 0. The summed E-state index contributed by atoms with van der Waals surface area (Å²) >= 11 is 0. The molecule has 2 N–H and O–H groups in total. The first-order valence-electron chi connectivity index (χ1n) is 6.60. The van der Waals surface area contributed by atoms with Crippen LogP contribution < -0.4 is 10.7 Å². The van der Waals surface area contributed by atoms with Crippen molar-refractivity contribution in [2.24, 2.45) is 0 Å². The van der Waals surface area contributed by atoms with Gasteiger partial charge in [-0.3, -0.25) is 10.2 Å². The van der Waals surface area contributed by atoms with Gasteiger partial charge in [-0.2, -0.15) is 0 Å². The second-order valence-corrected chi connectivity index (χ2v) is 5.26. The lowest BCUT2D eigenvalue weighted by Gasteiger charge is -2.40. The number of rotatable bonds is 2. The number of halogens is 1. The summed E-state index contributed by atoms with van der Waals surface area (Å²) in [5, 5.41) is 5.53. The van der Waals surface area contributed by atoms with Crippen LogP contribution >= 0.6 is 12.4 Å². The van der Waals surface area contributed by atoms with E-state index in [0.29, 0.717) is 6.42 Å². The van der Waals surface area contributed by atoms with E-state index < -0.39 is 0 Å². The number of amides is 1. The molecule has 4 nitrogen and oxygen atoms in total. The van der Waals surface area contributed by atoms with Gasteiger partial charge in [0, 0.05) is 13.0 Å². The molecule has 1 aromatic carbocycles. The van der Waals surface area contributed by atoms with Gasteiger partial charge in [0.25, 0.3) is 0 Å². The molecule has 0 aliphatic carbocycles. The number of carbonyl (C=O) groups is 1. The second-order valence-electron chi connectivity index (χ2n) is 5.26. The fraction of sp³-hybridized carbons (Fsp3) is 0.500. The van der Waals surface area contributed by atoms with Crippen molar-refractivity contribution in [3.05, 3.63) is 35.9 Å². The zero-order valence-corrected chi connectivity index (χ0v) is 11.7. The van der Waals surface area contributed by atoms with E-state index in [-0.39, 0.29) is 23.9 Å². The molecule has 0 bridgehead atoms. The van der Waals surface area contributed by atoms with Gasteiger partial charge >= 0.3 is 0 Å². The highest BCUT2D eigenvalue weighted by atomic mass is 35.5. The summed E-state index contributed by atoms with van der Waals surface area (Å²) < 4.78 is 0. The molecule has 0 aromatic heterocycles.